The lowest BCUT2D eigenvalue weighted by Gasteiger charge is -2.19. The van der Waals surface area contributed by atoms with E-state index in [1.165, 1.54) is 5.56 Å². The molecule has 0 amide bonds. The van der Waals surface area contributed by atoms with Crippen molar-refractivity contribution < 1.29 is 0 Å². The van der Waals surface area contributed by atoms with E-state index in [0.717, 1.165) is 28.1 Å². The number of nitrogens with one attached hydrogen (secondary N) is 1. The molecule has 114 valence electrons. The normalized spacial score (nSPS) is 13.4. The maximum atomic E-state index is 4.89. The molecule has 0 bridgehead atoms. The summed E-state index contributed by atoms with van der Waals surface area (Å²) in [5, 5.41) is 6.95. The molecule has 0 fully saturated rings. The van der Waals surface area contributed by atoms with E-state index < -0.39 is 0 Å². The van der Waals surface area contributed by atoms with Crippen molar-refractivity contribution in [3.8, 4) is 0 Å². The van der Waals surface area contributed by atoms with Crippen LogP contribution in [-0.2, 0) is 5.41 Å². The number of benzene rings is 1. The highest BCUT2D eigenvalue weighted by Crippen LogP contribution is 2.32. The molecule has 0 aliphatic heterocycles. The van der Waals surface area contributed by atoms with Gasteiger partial charge in [0.05, 0.1) is 11.7 Å². The number of thiazole rings is 1. The standard InChI is InChI=1S/C17H23BrN2S/c1-5-10-19-15(12-8-6-7-9-13(12)18)16-20-14(11-21-16)17(2,3)4/h6-9,11,15,19H,5,10H2,1-4H3. The molecule has 1 unspecified atom stereocenters. The molecule has 0 aliphatic carbocycles. The van der Waals surface area contributed by atoms with E-state index >= 15 is 0 Å². The third-order valence-corrected chi connectivity index (χ3v) is 4.98. The first-order valence-electron chi connectivity index (χ1n) is 7.37. The number of nitrogens with zero attached hydrogens (tertiary/aromatic N) is 1. The van der Waals surface area contributed by atoms with Crippen molar-refractivity contribution in [1.82, 2.24) is 10.3 Å². The Bertz CT molecular complexity index is 586. The molecule has 2 rings (SSSR count). The van der Waals surface area contributed by atoms with Gasteiger partial charge in [-0.2, -0.15) is 0 Å². The second kappa shape index (κ2) is 7.03. The van der Waals surface area contributed by atoms with E-state index in [-0.39, 0.29) is 11.5 Å². The van der Waals surface area contributed by atoms with Gasteiger partial charge in [0.15, 0.2) is 0 Å². The summed E-state index contributed by atoms with van der Waals surface area (Å²) in [5.74, 6) is 0. The Labute approximate surface area is 140 Å². The van der Waals surface area contributed by atoms with Gasteiger partial charge in [0.1, 0.15) is 5.01 Å². The van der Waals surface area contributed by atoms with E-state index in [9.17, 15) is 0 Å². The molecular formula is C17H23BrN2S. The molecule has 1 aromatic carbocycles. The summed E-state index contributed by atoms with van der Waals surface area (Å²) in [6, 6.07) is 8.54. The molecule has 2 aromatic rings. The second-order valence-corrected chi connectivity index (χ2v) is 7.97. The van der Waals surface area contributed by atoms with Crippen LogP contribution in [-0.4, -0.2) is 11.5 Å². The van der Waals surface area contributed by atoms with Gasteiger partial charge in [0.25, 0.3) is 0 Å². The number of aromatic nitrogens is 1. The van der Waals surface area contributed by atoms with E-state index in [0.29, 0.717) is 0 Å². The summed E-state index contributed by atoms with van der Waals surface area (Å²) in [4.78, 5) is 4.89. The van der Waals surface area contributed by atoms with Crippen molar-refractivity contribution in [2.45, 2.75) is 45.6 Å². The number of hydrogen-bond donors (Lipinski definition) is 1. The molecular weight excluding hydrogens is 344 g/mol. The highest BCUT2D eigenvalue weighted by atomic mass is 79.9. The molecule has 1 atom stereocenters. The summed E-state index contributed by atoms with van der Waals surface area (Å²) in [6.45, 7) is 9.79. The molecule has 0 aliphatic rings. The lowest BCUT2D eigenvalue weighted by molar-refractivity contribution is 0.557. The van der Waals surface area contributed by atoms with Crippen LogP contribution in [0.5, 0.6) is 0 Å². The van der Waals surface area contributed by atoms with Gasteiger partial charge >= 0.3 is 0 Å². The zero-order valence-electron chi connectivity index (χ0n) is 13.1. The zero-order valence-corrected chi connectivity index (χ0v) is 15.5. The fraction of sp³-hybridized carbons (Fsp3) is 0.471. The van der Waals surface area contributed by atoms with Crippen molar-refractivity contribution in [2.24, 2.45) is 0 Å². The molecule has 0 radical (unpaired) electrons. The van der Waals surface area contributed by atoms with Crippen LogP contribution >= 0.6 is 27.3 Å². The van der Waals surface area contributed by atoms with Crippen molar-refractivity contribution in [3.63, 3.8) is 0 Å². The fourth-order valence-electron chi connectivity index (χ4n) is 2.09. The Kier molecular flexibility index (Phi) is 5.58. The van der Waals surface area contributed by atoms with Crippen LogP contribution in [0.25, 0.3) is 0 Å². The third kappa shape index (κ3) is 4.15. The minimum Gasteiger partial charge on any atom is -0.304 e. The minimum absolute atomic E-state index is 0.0952. The van der Waals surface area contributed by atoms with Crippen LogP contribution < -0.4 is 5.32 Å². The van der Waals surface area contributed by atoms with Crippen LogP contribution in [0.4, 0.5) is 0 Å². The van der Waals surface area contributed by atoms with E-state index in [1.807, 2.05) is 6.07 Å². The lowest BCUT2D eigenvalue weighted by atomic mass is 9.93. The average molecular weight is 367 g/mol. The van der Waals surface area contributed by atoms with Gasteiger partial charge in [-0.05, 0) is 24.6 Å². The van der Waals surface area contributed by atoms with Crippen LogP contribution in [0.1, 0.15) is 56.4 Å². The average Bonchev–Trinajstić information content (AvgIpc) is 2.91. The monoisotopic (exact) mass is 366 g/mol. The van der Waals surface area contributed by atoms with Crippen molar-refractivity contribution in [1.29, 1.82) is 0 Å². The highest BCUT2D eigenvalue weighted by Gasteiger charge is 2.23. The van der Waals surface area contributed by atoms with Gasteiger partial charge in [-0.1, -0.05) is 61.8 Å². The number of halogens is 1. The smallest absolute Gasteiger partial charge is 0.114 e. The van der Waals surface area contributed by atoms with Gasteiger partial charge in [-0.3, -0.25) is 0 Å². The first-order valence-corrected chi connectivity index (χ1v) is 9.04. The Hall–Kier alpha value is -0.710. The van der Waals surface area contributed by atoms with E-state index in [4.69, 9.17) is 4.98 Å². The topological polar surface area (TPSA) is 24.9 Å². The van der Waals surface area contributed by atoms with Gasteiger partial charge in [0.2, 0.25) is 0 Å². The van der Waals surface area contributed by atoms with Crippen LogP contribution in [0.2, 0.25) is 0 Å². The molecule has 2 nitrogen and oxygen atoms in total. The Balaban J connectivity index is 2.37. The number of rotatable bonds is 5. The first-order chi connectivity index (χ1) is 9.93. The summed E-state index contributed by atoms with van der Waals surface area (Å²) in [5.41, 5.74) is 2.51. The van der Waals surface area contributed by atoms with Gasteiger partial charge in [0, 0.05) is 15.3 Å². The SMILES string of the molecule is CCCNC(c1nc(C(C)(C)C)cs1)c1ccccc1Br. The summed E-state index contributed by atoms with van der Waals surface area (Å²) < 4.78 is 1.13. The van der Waals surface area contributed by atoms with Crippen molar-refractivity contribution >= 4 is 27.3 Å². The first kappa shape index (κ1) is 16.7. The molecule has 1 N–H and O–H groups in total. The van der Waals surface area contributed by atoms with E-state index in [1.54, 1.807) is 11.3 Å². The fourth-order valence-corrected chi connectivity index (χ4v) is 3.74. The maximum absolute atomic E-state index is 4.89. The predicted octanol–water partition coefficient (Wildman–Crippen LogP) is 5.29. The maximum Gasteiger partial charge on any atom is 0.114 e. The molecule has 0 spiro atoms. The van der Waals surface area contributed by atoms with E-state index in [2.05, 4.69) is 72.5 Å². The summed E-state index contributed by atoms with van der Waals surface area (Å²) >= 11 is 5.41. The molecule has 0 saturated carbocycles. The highest BCUT2D eigenvalue weighted by molar-refractivity contribution is 9.10. The quantitative estimate of drug-likeness (QED) is 0.777. The Morgan fingerprint density at radius 2 is 2.00 bits per heavy atom. The zero-order chi connectivity index (χ0) is 15.5. The largest absolute Gasteiger partial charge is 0.304 e. The summed E-state index contributed by atoms with van der Waals surface area (Å²) in [7, 11) is 0. The van der Waals surface area contributed by atoms with Crippen LogP contribution in [0, 0.1) is 0 Å². The molecule has 1 heterocycles. The van der Waals surface area contributed by atoms with Gasteiger partial charge in [-0.25, -0.2) is 4.98 Å². The van der Waals surface area contributed by atoms with Gasteiger partial charge < -0.3 is 5.32 Å². The second-order valence-electron chi connectivity index (χ2n) is 6.23. The molecule has 1 aromatic heterocycles. The van der Waals surface area contributed by atoms with Crippen molar-refractivity contribution in [2.75, 3.05) is 6.54 Å². The predicted molar refractivity (Wildman–Crippen MR) is 95.1 cm³/mol. The minimum atomic E-state index is 0.0952. The molecule has 4 heteroatoms. The van der Waals surface area contributed by atoms with Gasteiger partial charge in [-0.15, -0.1) is 11.3 Å². The Morgan fingerprint density at radius 3 is 2.57 bits per heavy atom. The molecule has 21 heavy (non-hydrogen) atoms. The summed E-state index contributed by atoms with van der Waals surface area (Å²) in [6.07, 6.45) is 1.11. The molecule has 0 saturated heterocycles. The van der Waals surface area contributed by atoms with Crippen LogP contribution in [0.3, 0.4) is 0 Å². The third-order valence-electron chi connectivity index (χ3n) is 3.35. The van der Waals surface area contributed by atoms with Crippen molar-refractivity contribution in [3.05, 3.63) is 50.4 Å². The lowest BCUT2D eigenvalue weighted by Crippen LogP contribution is -2.24. The number of hydrogen-bond acceptors (Lipinski definition) is 3. The Morgan fingerprint density at radius 1 is 1.29 bits per heavy atom. The van der Waals surface area contributed by atoms with Crippen LogP contribution in [0.15, 0.2) is 34.1 Å².